The van der Waals surface area contributed by atoms with Gasteiger partial charge >= 0.3 is 0 Å². The van der Waals surface area contributed by atoms with E-state index in [1.807, 2.05) is 20.8 Å². The van der Waals surface area contributed by atoms with Crippen LogP contribution < -0.4 is 10.0 Å². The average Bonchev–Trinajstić information content (AvgIpc) is 2.46. The number of benzene rings is 2. The number of nitrogens with one attached hydrogen (secondary N) is 2. The normalized spacial score (nSPS) is 11.8. The number of hydrogen-bond acceptors (Lipinski definition) is 3. The smallest absolute Gasteiger partial charge is 0.261 e. The van der Waals surface area contributed by atoms with Gasteiger partial charge in [-0.05, 0) is 63.2 Å². The van der Waals surface area contributed by atoms with Gasteiger partial charge in [-0.3, -0.25) is 9.52 Å². The SMILES string of the molecule is CC(C)(C)NC(=O)c1ccc(NS(=O)(=O)c2cccc(F)c2)cc1. The molecule has 2 N–H and O–H groups in total. The molecule has 0 saturated heterocycles. The van der Waals surface area contributed by atoms with Crippen LogP contribution in [0.25, 0.3) is 0 Å². The van der Waals surface area contributed by atoms with Crippen molar-refractivity contribution in [1.29, 1.82) is 0 Å². The number of rotatable bonds is 4. The van der Waals surface area contributed by atoms with E-state index in [4.69, 9.17) is 0 Å². The molecule has 2 rings (SSSR count). The van der Waals surface area contributed by atoms with Gasteiger partial charge in [0.15, 0.2) is 0 Å². The molecule has 2 aromatic rings. The number of carbonyl (C=O) groups excluding carboxylic acids is 1. The average molecular weight is 350 g/mol. The Balaban J connectivity index is 2.15. The Bertz CT molecular complexity index is 841. The fraction of sp³-hybridized carbons (Fsp3) is 0.235. The van der Waals surface area contributed by atoms with Crippen molar-refractivity contribution in [1.82, 2.24) is 5.32 Å². The van der Waals surface area contributed by atoms with Gasteiger partial charge in [-0.15, -0.1) is 0 Å². The highest BCUT2D eigenvalue weighted by molar-refractivity contribution is 7.92. The summed E-state index contributed by atoms with van der Waals surface area (Å²) in [4.78, 5) is 11.9. The molecule has 0 aliphatic heterocycles. The molecule has 0 aromatic heterocycles. The fourth-order valence-electron chi connectivity index (χ4n) is 1.95. The number of halogens is 1. The van der Waals surface area contributed by atoms with Crippen molar-refractivity contribution in [2.45, 2.75) is 31.2 Å². The van der Waals surface area contributed by atoms with Crippen molar-refractivity contribution >= 4 is 21.6 Å². The van der Waals surface area contributed by atoms with Crippen molar-refractivity contribution in [3.05, 3.63) is 59.9 Å². The van der Waals surface area contributed by atoms with Gasteiger partial charge in [-0.1, -0.05) is 6.07 Å². The topological polar surface area (TPSA) is 75.3 Å². The van der Waals surface area contributed by atoms with Gasteiger partial charge in [0.2, 0.25) is 0 Å². The molecule has 0 heterocycles. The second kappa shape index (κ2) is 6.60. The number of sulfonamides is 1. The molecule has 0 unspecified atom stereocenters. The Labute approximate surface area is 141 Å². The summed E-state index contributed by atoms with van der Waals surface area (Å²) in [5.41, 5.74) is 0.333. The molecule has 0 atom stereocenters. The van der Waals surface area contributed by atoms with Crippen LogP contribution in [-0.4, -0.2) is 19.9 Å². The van der Waals surface area contributed by atoms with Gasteiger partial charge in [-0.2, -0.15) is 0 Å². The minimum Gasteiger partial charge on any atom is -0.347 e. The largest absolute Gasteiger partial charge is 0.347 e. The van der Waals surface area contributed by atoms with Crippen LogP contribution in [0.3, 0.4) is 0 Å². The maximum Gasteiger partial charge on any atom is 0.261 e. The van der Waals surface area contributed by atoms with Gasteiger partial charge < -0.3 is 5.32 Å². The van der Waals surface area contributed by atoms with E-state index in [2.05, 4.69) is 10.0 Å². The van der Waals surface area contributed by atoms with Crippen molar-refractivity contribution in [3.63, 3.8) is 0 Å². The van der Waals surface area contributed by atoms with Crippen LogP contribution in [0.15, 0.2) is 53.4 Å². The third-order valence-corrected chi connectivity index (χ3v) is 4.37. The second-order valence-electron chi connectivity index (χ2n) is 6.34. The minimum atomic E-state index is -3.89. The quantitative estimate of drug-likeness (QED) is 0.889. The van der Waals surface area contributed by atoms with Gasteiger partial charge in [0, 0.05) is 16.8 Å². The Hall–Kier alpha value is -2.41. The lowest BCUT2D eigenvalue weighted by atomic mass is 10.1. The molecule has 2 aromatic carbocycles. The molecule has 0 radical (unpaired) electrons. The molecular weight excluding hydrogens is 331 g/mol. The van der Waals surface area contributed by atoms with Crippen LogP contribution in [0, 0.1) is 5.82 Å². The molecule has 0 bridgehead atoms. The first-order valence-electron chi connectivity index (χ1n) is 7.28. The van der Waals surface area contributed by atoms with E-state index in [1.54, 1.807) is 0 Å². The summed E-state index contributed by atoms with van der Waals surface area (Å²) in [6.45, 7) is 5.60. The molecule has 0 saturated carbocycles. The molecule has 1 amide bonds. The van der Waals surface area contributed by atoms with Gasteiger partial charge in [-0.25, -0.2) is 12.8 Å². The molecule has 24 heavy (non-hydrogen) atoms. The van der Waals surface area contributed by atoms with Crippen LogP contribution in [0.1, 0.15) is 31.1 Å². The van der Waals surface area contributed by atoms with Crippen molar-refractivity contribution in [3.8, 4) is 0 Å². The molecule has 7 heteroatoms. The number of carbonyl (C=O) groups is 1. The molecule has 128 valence electrons. The van der Waals surface area contributed by atoms with Crippen LogP contribution in [-0.2, 0) is 10.0 Å². The number of anilines is 1. The summed E-state index contributed by atoms with van der Waals surface area (Å²) in [5.74, 6) is -0.880. The van der Waals surface area contributed by atoms with Crippen LogP contribution in [0.5, 0.6) is 0 Å². The Morgan fingerprint density at radius 3 is 2.21 bits per heavy atom. The van der Waals surface area contributed by atoms with E-state index in [0.29, 0.717) is 5.56 Å². The third-order valence-electron chi connectivity index (χ3n) is 2.99. The standard InChI is InChI=1S/C17H19FN2O3S/c1-17(2,3)19-16(21)12-7-9-14(10-8-12)20-24(22,23)15-6-4-5-13(18)11-15/h4-11,20H,1-3H3,(H,19,21). The van der Waals surface area contributed by atoms with E-state index in [1.165, 1.54) is 42.5 Å². The highest BCUT2D eigenvalue weighted by atomic mass is 32.2. The van der Waals surface area contributed by atoms with E-state index in [-0.39, 0.29) is 22.0 Å². The lowest BCUT2D eigenvalue weighted by Crippen LogP contribution is -2.40. The highest BCUT2D eigenvalue weighted by Gasteiger charge is 2.17. The minimum absolute atomic E-state index is 0.169. The van der Waals surface area contributed by atoms with E-state index in [9.17, 15) is 17.6 Å². The second-order valence-corrected chi connectivity index (χ2v) is 8.03. The first-order chi connectivity index (χ1) is 11.1. The highest BCUT2D eigenvalue weighted by Crippen LogP contribution is 2.17. The number of hydrogen-bond donors (Lipinski definition) is 2. The summed E-state index contributed by atoms with van der Waals surface area (Å²) < 4.78 is 39.9. The summed E-state index contributed by atoms with van der Waals surface area (Å²) >= 11 is 0. The monoisotopic (exact) mass is 350 g/mol. The molecule has 0 aliphatic rings. The summed E-state index contributed by atoms with van der Waals surface area (Å²) in [6, 6.07) is 10.7. The maximum atomic E-state index is 13.2. The zero-order valence-corrected chi connectivity index (χ0v) is 14.4. The number of amides is 1. The van der Waals surface area contributed by atoms with Crippen molar-refractivity contribution in [2.75, 3.05) is 4.72 Å². The molecule has 0 spiro atoms. The van der Waals surface area contributed by atoms with Gasteiger partial charge in [0.25, 0.3) is 15.9 Å². The zero-order valence-electron chi connectivity index (χ0n) is 13.6. The maximum absolute atomic E-state index is 13.2. The zero-order chi connectivity index (χ0) is 18.0. The van der Waals surface area contributed by atoms with Crippen LogP contribution >= 0.6 is 0 Å². The first-order valence-corrected chi connectivity index (χ1v) is 8.76. The fourth-order valence-corrected chi connectivity index (χ4v) is 3.04. The summed E-state index contributed by atoms with van der Waals surface area (Å²) in [6.07, 6.45) is 0. The molecule has 5 nitrogen and oxygen atoms in total. The first kappa shape index (κ1) is 17.9. The third kappa shape index (κ3) is 4.79. The van der Waals surface area contributed by atoms with E-state index >= 15 is 0 Å². The Morgan fingerprint density at radius 2 is 1.67 bits per heavy atom. The lowest BCUT2D eigenvalue weighted by molar-refractivity contribution is 0.0919. The van der Waals surface area contributed by atoms with E-state index < -0.39 is 15.8 Å². The predicted molar refractivity (Wildman–Crippen MR) is 90.9 cm³/mol. The van der Waals surface area contributed by atoms with Gasteiger partial charge in [0.05, 0.1) is 4.90 Å². The molecule has 0 aliphatic carbocycles. The Morgan fingerprint density at radius 1 is 1.04 bits per heavy atom. The summed E-state index contributed by atoms with van der Waals surface area (Å²) in [5, 5.41) is 2.82. The summed E-state index contributed by atoms with van der Waals surface area (Å²) in [7, 11) is -3.89. The van der Waals surface area contributed by atoms with E-state index in [0.717, 1.165) is 6.07 Å². The lowest BCUT2D eigenvalue weighted by Gasteiger charge is -2.20. The predicted octanol–water partition coefficient (Wildman–Crippen LogP) is 3.15. The van der Waals surface area contributed by atoms with Crippen LogP contribution in [0.4, 0.5) is 10.1 Å². The molecular formula is C17H19FN2O3S. The van der Waals surface area contributed by atoms with Crippen molar-refractivity contribution in [2.24, 2.45) is 0 Å². The Kier molecular flexibility index (Phi) is 4.94. The van der Waals surface area contributed by atoms with Crippen LogP contribution in [0.2, 0.25) is 0 Å². The molecule has 0 fully saturated rings. The van der Waals surface area contributed by atoms with Crippen molar-refractivity contribution < 1.29 is 17.6 Å². The van der Waals surface area contributed by atoms with Gasteiger partial charge in [0.1, 0.15) is 5.82 Å².